The van der Waals surface area contributed by atoms with Crippen molar-refractivity contribution < 1.29 is 24.8 Å². The Kier molecular flexibility index (Phi) is 7.39. The molecule has 1 fully saturated rings. The molecule has 29 heavy (non-hydrogen) atoms. The van der Waals surface area contributed by atoms with Crippen molar-refractivity contribution in [1.82, 2.24) is 0 Å². The van der Waals surface area contributed by atoms with Crippen LogP contribution >= 0.6 is 21.0 Å². The highest BCUT2D eigenvalue weighted by atomic mass is 32.2. The molecule has 0 amide bonds. The van der Waals surface area contributed by atoms with Crippen LogP contribution in [0.2, 0.25) is 0 Å². The molecule has 0 spiro atoms. The van der Waals surface area contributed by atoms with E-state index in [1.807, 2.05) is 18.2 Å². The summed E-state index contributed by atoms with van der Waals surface area (Å²) in [5.74, 6) is -1.29. The zero-order chi connectivity index (χ0) is 21.2. The molecule has 6 atom stereocenters. The van der Waals surface area contributed by atoms with Gasteiger partial charge in [0.1, 0.15) is 12.2 Å². The molecule has 3 rings (SSSR count). The molecule has 0 aromatic heterocycles. The first kappa shape index (κ1) is 22.7. The van der Waals surface area contributed by atoms with Crippen LogP contribution in [0.1, 0.15) is 22.3 Å². The van der Waals surface area contributed by atoms with Crippen LogP contribution < -0.4 is 0 Å². The molecule has 3 N–H and O–H groups in total. The zero-order valence-electron chi connectivity index (χ0n) is 16.9. The van der Waals surface area contributed by atoms with E-state index < -0.39 is 36.4 Å². The maximum absolute atomic E-state index is 10.5. The summed E-state index contributed by atoms with van der Waals surface area (Å²) in [7, 11) is 4.04. The molecule has 1 unspecified atom stereocenters. The van der Waals surface area contributed by atoms with Crippen molar-refractivity contribution in [3.05, 3.63) is 64.7 Å². The van der Waals surface area contributed by atoms with Crippen LogP contribution in [0.5, 0.6) is 0 Å². The third kappa shape index (κ3) is 4.40. The van der Waals surface area contributed by atoms with Crippen molar-refractivity contribution >= 4 is 21.0 Å². The Labute approximate surface area is 178 Å². The molecule has 1 aliphatic rings. The van der Waals surface area contributed by atoms with Crippen LogP contribution in [0.15, 0.2) is 47.4 Å². The number of methoxy groups -OCH3 is 1. The lowest BCUT2D eigenvalue weighted by molar-refractivity contribution is -0.318. The van der Waals surface area contributed by atoms with Crippen LogP contribution in [-0.4, -0.2) is 59.3 Å². The summed E-state index contributed by atoms with van der Waals surface area (Å²) in [5.41, 5.74) is 3.60. The van der Waals surface area contributed by atoms with Crippen LogP contribution in [0.25, 0.3) is 0 Å². The molecule has 2 aromatic carbocycles. The zero-order valence-corrected chi connectivity index (χ0v) is 18.9. The molecule has 0 bridgehead atoms. The van der Waals surface area contributed by atoms with Crippen molar-refractivity contribution in [3.63, 3.8) is 0 Å². The topological polar surface area (TPSA) is 79.2 Å². The summed E-state index contributed by atoms with van der Waals surface area (Å²) in [6.45, 7) is 1.64. The average molecular weight is 437 g/mol. The predicted molar refractivity (Wildman–Crippen MR) is 118 cm³/mol. The second-order valence-electron chi connectivity index (χ2n) is 7.38. The van der Waals surface area contributed by atoms with E-state index >= 15 is 0 Å². The SMILES string of the molecule is CO[C@@]1(c2ccc(C)c(Cc3ccc(SC)cc3)c2)O[C@H](CO)[C@@H](O)[C@H](O)[C@H]1P. The van der Waals surface area contributed by atoms with Crippen LogP contribution in [-0.2, 0) is 21.7 Å². The minimum Gasteiger partial charge on any atom is -0.394 e. The number of aliphatic hydroxyl groups is 3. The maximum Gasteiger partial charge on any atom is 0.204 e. The number of benzene rings is 2. The highest BCUT2D eigenvalue weighted by Crippen LogP contribution is 2.43. The van der Waals surface area contributed by atoms with E-state index in [2.05, 4.69) is 46.7 Å². The molecule has 158 valence electrons. The third-order valence-corrected chi connectivity index (χ3v) is 7.23. The number of aliphatic hydroxyl groups excluding tert-OH is 3. The van der Waals surface area contributed by atoms with Gasteiger partial charge in [0.15, 0.2) is 0 Å². The van der Waals surface area contributed by atoms with Crippen LogP contribution in [0.4, 0.5) is 0 Å². The Hall–Kier alpha value is -0.980. The predicted octanol–water partition coefficient (Wildman–Crippen LogP) is 2.46. The van der Waals surface area contributed by atoms with E-state index in [-0.39, 0.29) is 0 Å². The number of hydrogen-bond acceptors (Lipinski definition) is 6. The first-order valence-corrected chi connectivity index (χ1v) is 11.4. The van der Waals surface area contributed by atoms with E-state index in [0.717, 1.165) is 23.1 Å². The molecule has 1 heterocycles. The largest absolute Gasteiger partial charge is 0.394 e. The first-order chi connectivity index (χ1) is 13.9. The Morgan fingerprint density at radius 1 is 1.14 bits per heavy atom. The minimum atomic E-state index is -1.29. The van der Waals surface area contributed by atoms with Gasteiger partial charge in [-0.05, 0) is 54.5 Å². The van der Waals surface area contributed by atoms with Gasteiger partial charge in [-0.15, -0.1) is 21.0 Å². The van der Waals surface area contributed by atoms with Gasteiger partial charge in [-0.1, -0.05) is 24.3 Å². The first-order valence-electron chi connectivity index (χ1n) is 9.54. The highest BCUT2D eigenvalue weighted by Gasteiger charge is 2.53. The lowest BCUT2D eigenvalue weighted by Crippen LogP contribution is -2.62. The summed E-state index contributed by atoms with van der Waals surface area (Å²) in [5, 5.41) is 30.4. The normalized spacial score (nSPS) is 29.8. The highest BCUT2D eigenvalue weighted by molar-refractivity contribution is 7.98. The van der Waals surface area contributed by atoms with E-state index in [9.17, 15) is 15.3 Å². The minimum absolute atomic E-state index is 0.415. The van der Waals surface area contributed by atoms with Crippen molar-refractivity contribution in [2.45, 2.75) is 48.0 Å². The van der Waals surface area contributed by atoms with E-state index in [1.54, 1.807) is 11.8 Å². The fourth-order valence-electron chi connectivity index (χ4n) is 3.78. The van der Waals surface area contributed by atoms with Gasteiger partial charge in [0.25, 0.3) is 0 Å². The lowest BCUT2D eigenvalue weighted by atomic mass is 9.88. The van der Waals surface area contributed by atoms with Crippen LogP contribution in [0, 0.1) is 6.92 Å². The van der Waals surface area contributed by atoms with Crippen molar-refractivity contribution in [2.75, 3.05) is 20.0 Å². The smallest absolute Gasteiger partial charge is 0.204 e. The maximum atomic E-state index is 10.5. The summed E-state index contributed by atoms with van der Waals surface area (Å²) in [6, 6.07) is 14.4. The van der Waals surface area contributed by atoms with E-state index in [1.165, 1.54) is 17.6 Å². The number of aryl methyl sites for hydroxylation is 1. The Morgan fingerprint density at radius 3 is 2.41 bits per heavy atom. The standard InChI is InChI=1S/C22H29O5PS/c1-13-4-7-16(11-15(13)10-14-5-8-17(29-3)9-6-14)22(26-2)21(28)20(25)19(24)18(12-23)27-22/h4-9,11,18-21,23-25H,10,12,28H2,1-3H3/t18-,19-,20+,21-,22+/m1/s1. The molecular formula is C22H29O5PS. The molecular weight excluding hydrogens is 407 g/mol. The molecule has 5 nitrogen and oxygen atoms in total. The second kappa shape index (κ2) is 9.44. The molecule has 0 saturated carbocycles. The Morgan fingerprint density at radius 2 is 1.83 bits per heavy atom. The van der Waals surface area contributed by atoms with Gasteiger partial charge in [-0.25, -0.2) is 0 Å². The monoisotopic (exact) mass is 436 g/mol. The Bertz CT molecular complexity index is 828. The molecule has 1 aliphatic heterocycles. The number of hydrogen-bond donors (Lipinski definition) is 3. The van der Waals surface area contributed by atoms with Crippen molar-refractivity contribution in [2.24, 2.45) is 0 Å². The second-order valence-corrected chi connectivity index (χ2v) is 8.98. The van der Waals surface area contributed by atoms with Crippen LogP contribution in [0.3, 0.4) is 0 Å². The van der Waals surface area contributed by atoms with Gasteiger partial charge >= 0.3 is 0 Å². The fraction of sp³-hybridized carbons (Fsp3) is 0.455. The Balaban J connectivity index is 1.97. The van der Waals surface area contributed by atoms with Crippen molar-refractivity contribution in [1.29, 1.82) is 0 Å². The van der Waals surface area contributed by atoms with Crippen molar-refractivity contribution in [3.8, 4) is 0 Å². The number of rotatable bonds is 6. The van der Waals surface area contributed by atoms with Gasteiger partial charge in [0.05, 0.1) is 18.4 Å². The van der Waals surface area contributed by atoms with E-state index in [4.69, 9.17) is 9.47 Å². The van der Waals surface area contributed by atoms with Gasteiger partial charge < -0.3 is 24.8 Å². The summed E-state index contributed by atoms with van der Waals surface area (Å²) >= 11 is 1.71. The van der Waals surface area contributed by atoms with Gasteiger partial charge in [0, 0.05) is 17.6 Å². The molecule has 0 aliphatic carbocycles. The van der Waals surface area contributed by atoms with Gasteiger partial charge in [0.2, 0.25) is 5.79 Å². The number of thioether (sulfide) groups is 1. The summed E-state index contributed by atoms with van der Waals surface area (Å²) in [6.07, 6.45) is -0.434. The molecule has 1 saturated heterocycles. The average Bonchev–Trinajstić information content (AvgIpc) is 2.75. The van der Waals surface area contributed by atoms with E-state index in [0.29, 0.717) is 0 Å². The molecule has 0 radical (unpaired) electrons. The third-order valence-electron chi connectivity index (χ3n) is 5.65. The molecule has 7 heteroatoms. The van der Waals surface area contributed by atoms with Gasteiger partial charge in [-0.3, -0.25) is 0 Å². The summed E-state index contributed by atoms with van der Waals surface area (Å²) < 4.78 is 11.8. The number of ether oxygens (including phenoxy) is 2. The quantitative estimate of drug-likeness (QED) is 0.477. The lowest BCUT2D eigenvalue weighted by Gasteiger charge is -2.48. The molecule has 2 aromatic rings. The summed E-state index contributed by atoms with van der Waals surface area (Å²) in [4.78, 5) is 1.22. The van der Waals surface area contributed by atoms with Gasteiger partial charge in [-0.2, -0.15) is 0 Å². The fourth-order valence-corrected chi connectivity index (χ4v) is 4.82.